The summed E-state index contributed by atoms with van der Waals surface area (Å²) in [7, 11) is 0. The molecule has 1 amide bonds. The molecule has 0 heterocycles. The molecule has 0 aromatic heterocycles. The lowest BCUT2D eigenvalue weighted by Gasteiger charge is -2.10. The standard InChI is InChI=1S/C14H21NO2S/c1-10-4-5-13(8-11(10)2)18-7-6-14(17)15-12(3)9-16/h4-5,8,12,16H,6-7,9H2,1-3H3,(H,15,17)/t12-/m0/s1. The second-order valence-electron chi connectivity index (χ2n) is 4.50. The molecule has 4 heteroatoms. The summed E-state index contributed by atoms with van der Waals surface area (Å²) in [5.74, 6) is 0.750. The Morgan fingerprint density at radius 1 is 1.39 bits per heavy atom. The predicted octanol–water partition coefficient (Wildman–Crippen LogP) is 2.28. The first-order valence-electron chi connectivity index (χ1n) is 6.13. The quantitative estimate of drug-likeness (QED) is 0.777. The van der Waals surface area contributed by atoms with Crippen LogP contribution in [0.25, 0.3) is 0 Å². The van der Waals surface area contributed by atoms with Crippen LogP contribution < -0.4 is 5.32 Å². The Kier molecular flexibility index (Phi) is 6.22. The first-order chi connectivity index (χ1) is 8.52. The second kappa shape index (κ2) is 7.44. The van der Waals surface area contributed by atoms with Gasteiger partial charge in [-0.25, -0.2) is 0 Å². The van der Waals surface area contributed by atoms with Gasteiger partial charge in [0.2, 0.25) is 5.91 Å². The van der Waals surface area contributed by atoms with E-state index in [-0.39, 0.29) is 18.6 Å². The molecule has 18 heavy (non-hydrogen) atoms. The third-order valence-corrected chi connectivity index (χ3v) is 3.75. The first kappa shape index (κ1) is 15.1. The van der Waals surface area contributed by atoms with E-state index in [1.54, 1.807) is 18.7 Å². The summed E-state index contributed by atoms with van der Waals surface area (Å²) in [6.45, 7) is 5.95. The van der Waals surface area contributed by atoms with Gasteiger partial charge in [0.1, 0.15) is 0 Å². The average Bonchev–Trinajstić information content (AvgIpc) is 2.33. The fourth-order valence-electron chi connectivity index (χ4n) is 1.46. The van der Waals surface area contributed by atoms with Crippen molar-refractivity contribution in [1.29, 1.82) is 0 Å². The zero-order valence-electron chi connectivity index (χ0n) is 11.2. The van der Waals surface area contributed by atoms with Crippen LogP contribution in [-0.2, 0) is 4.79 Å². The van der Waals surface area contributed by atoms with Crippen molar-refractivity contribution >= 4 is 17.7 Å². The fraction of sp³-hybridized carbons (Fsp3) is 0.500. The van der Waals surface area contributed by atoms with Crippen LogP contribution >= 0.6 is 11.8 Å². The topological polar surface area (TPSA) is 49.3 Å². The normalized spacial score (nSPS) is 12.2. The van der Waals surface area contributed by atoms with E-state index in [1.165, 1.54) is 16.0 Å². The lowest BCUT2D eigenvalue weighted by atomic mass is 10.1. The van der Waals surface area contributed by atoms with Gasteiger partial charge in [-0.15, -0.1) is 11.8 Å². The molecular weight excluding hydrogens is 246 g/mol. The van der Waals surface area contributed by atoms with Crippen molar-refractivity contribution in [3.8, 4) is 0 Å². The smallest absolute Gasteiger partial charge is 0.221 e. The molecule has 1 atom stereocenters. The summed E-state index contributed by atoms with van der Waals surface area (Å²) < 4.78 is 0. The number of nitrogens with one attached hydrogen (secondary N) is 1. The largest absolute Gasteiger partial charge is 0.394 e. The number of hydrogen-bond acceptors (Lipinski definition) is 3. The van der Waals surface area contributed by atoms with Crippen LogP contribution in [0.2, 0.25) is 0 Å². The van der Waals surface area contributed by atoms with Gasteiger partial charge >= 0.3 is 0 Å². The van der Waals surface area contributed by atoms with Gasteiger partial charge in [-0.3, -0.25) is 4.79 Å². The summed E-state index contributed by atoms with van der Waals surface area (Å²) in [6, 6.07) is 6.17. The summed E-state index contributed by atoms with van der Waals surface area (Å²) >= 11 is 1.68. The van der Waals surface area contributed by atoms with Gasteiger partial charge in [-0.2, -0.15) is 0 Å². The van der Waals surface area contributed by atoms with Crippen LogP contribution in [0, 0.1) is 13.8 Å². The maximum absolute atomic E-state index is 11.5. The molecule has 100 valence electrons. The Labute approximate surface area is 113 Å². The average molecular weight is 267 g/mol. The van der Waals surface area contributed by atoms with Crippen molar-refractivity contribution in [3.05, 3.63) is 29.3 Å². The van der Waals surface area contributed by atoms with E-state index in [2.05, 4.69) is 37.4 Å². The molecule has 2 N–H and O–H groups in total. The predicted molar refractivity (Wildman–Crippen MR) is 75.9 cm³/mol. The Balaban J connectivity index is 2.33. The van der Waals surface area contributed by atoms with E-state index in [9.17, 15) is 4.79 Å². The molecule has 0 fully saturated rings. The van der Waals surface area contributed by atoms with Crippen molar-refractivity contribution < 1.29 is 9.90 Å². The number of hydrogen-bond donors (Lipinski definition) is 2. The molecule has 0 aliphatic heterocycles. The van der Waals surface area contributed by atoms with Gasteiger partial charge < -0.3 is 10.4 Å². The molecule has 1 rings (SSSR count). The minimum absolute atomic E-state index is 0.00659. The van der Waals surface area contributed by atoms with Gasteiger partial charge in [0.15, 0.2) is 0 Å². The zero-order chi connectivity index (χ0) is 13.5. The SMILES string of the molecule is Cc1ccc(SCCC(=O)N[C@@H](C)CO)cc1C. The van der Waals surface area contributed by atoms with Gasteiger partial charge in [0, 0.05) is 23.1 Å². The van der Waals surface area contributed by atoms with Crippen molar-refractivity contribution in [2.75, 3.05) is 12.4 Å². The second-order valence-corrected chi connectivity index (χ2v) is 5.66. The number of carbonyl (C=O) groups excluding carboxylic acids is 1. The minimum atomic E-state index is -0.163. The summed E-state index contributed by atoms with van der Waals surface area (Å²) in [5, 5.41) is 11.6. The van der Waals surface area contributed by atoms with E-state index in [1.807, 2.05) is 0 Å². The number of aliphatic hydroxyl groups excluding tert-OH is 1. The molecule has 0 saturated heterocycles. The number of thioether (sulfide) groups is 1. The summed E-state index contributed by atoms with van der Waals surface area (Å²) in [4.78, 5) is 12.7. The number of carbonyl (C=O) groups is 1. The lowest BCUT2D eigenvalue weighted by Crippen LogP contribution is -2.35. The third kappa shape index (κ3) is 5.10. The van der Waals surface area contributed by atoms with E-state index in [4.69, 9.17) is 5.11 Å². The van der Waals surface area contributed by atoms with Gasteiger partial charge in [0.25, 0.3) is 0 Å². The van der Waals surface area contributed by atoms with Crippen LogP contribution in [-0.4, -0.2) is 29.4 Å². The van der Waals surface area contributed by atoms with Crippen molar-refractivity contribution in [3.63, 3.8) is 0 Å². The molecule has 0 radical (unpaired) electrons. The monoisotopic (exact) mass is 267 g/mol. The zero-order valence-corrected chi connectivity index (χ0v) is 12.0. The van der Waals surface area contributed by atoms with Crippen LogP contribution in [0.1, 0.15) is 24.5 Å². The Morgan fingerprint density at radius 2 is 2.11 bits per heavy atom. The number of rotatable bonds is 6. The van der Waals surface area contributed by atoms with E-state index in [0.717, 1.165) is 5.75 Å². The molecule has 0 saturated carbocycles. The number of aryl methyl sites for hydroxylation is 2. The van der Waals surface area contributed by atoms with E-state index >= 15 is 0 Å². The van der Waals surface area contributed by atoms with E-state index in [0.29, 0.717) is 6.42 Å². The van der Waals surface area contributed by atoms with Crippen LogP contribution in [0.4, 0.5) is 0 Å². The van der Waals surface area contributed by atoms with Gasteiger partial charge in [-0.05, 0) is 44.0 Å². The highest BCUT2D eigenvalue weighted by Crippen LogP contribution is 2.21. The van der Waals surface area contributed by atoms with Crippen LogP contribution in [0.15, 0.2) is 23.1 Å². The lowest BCUT2D eigenvalue weighted by molar-refractivity contribution is -0.121. The molecular formula is C14H21NO2S. The van der Waals surface area contributed by atoms with Gasteiger partial charge in [0.05, 0.1) is 6.61 Å². The van der Waals surface area contributed by atoms with Crippen molar-refractivity contribution in [1.82, 2.24) is 5.32 Å². The molecule has 0 aliphatic rings. The van der Waals surface area contributed by atoms with Crippen LogP contribution in [0.5, 0.6) is 0 Å². The number of benzene rings is 1. The maximum Gasteiger partial charge on any atom is 0.221 e. The summed E-state index contributed by atoms with van der Waals surface area (Å²) in [6.07, 6.45) is 0.474. The Hall–Kier alpha value is -1.00. The molecule has 0 aliphatic carbocycles. The third-order valence-electron chi connectivity index (χ3n) is 2.76. The first-order valence-corrected chi connectivity index (χ1v) is 7.11. The molecule has 1 aromatic rings. The highest BCUT2D eigenvalue weighted by atomic mass is 32.2. The minimum Gasteiger partial charge on any atom is -0.394 e. The fourth-order valence-corrected chi connectivity index (χ4v) is 2.41. The van der Waals surface area contributed by atoms with Crippen molar-refractivity contribution in [2.24, 2.45) is 0 Å². The van der Waals surface area contributed by atoms with Crippen LogP contribution in [0.3, 0.4) is 0 Å². The highest BCUT2D eigenvalue weighted by molar-refractivity contribution is 7.99. The molecule has 3 nitrogen and oxygen atoms in total. The number of amides is 1. The molecule has 0 unspecified atom stereocenters. The molecule has 1 aromatic carbocycles. The summed E-state index contributed by atoms with van der Waals surface area (Å²) in [5.41, 5.74) is 2.56. The highest BCUT2D eigenvalue weighted by Gasteiger charge is 2.06. The van der Waals surface area contributed by atoms with Crippen molar-refractivity contribution in [2.45, 2.75) is 38.1 Å². The number of aliphatic hydroxyl groups is 1. The Bertz CT molecular complexity index is 407. The molecule has 0 bridgehead atoms. The Morgan fingerprint density at radius 3 is 2.72 bits per heavy atom. The van der Waals surface area contributed by atoms with Gasteiger partial charge in [-0.1, -0.05) is 6.07 Å². The van der Waals surface area contributed by atoms with E-state index < -0.39 is 0 Å². The molecule has 0 spiro atoms. The maximum atomic E-state index is 11.5.